The molecule has 0 amide bonds. The quantitative estimate of drug-likeness (QED) is 0.373. The van der Waals surface area contributed by atoms with Gasteiger partial charge in [-0.25, -0.2) is 0 Å². The van der Waals surface area contributed by atoms with E-state index in [0.717, 1.165) is 44.9 Å². The van der Waals surface area contributed by atoms with Crippen molar-refractivity contribution in [1.82, 2.24) is 0 Å². The minimum atomic E-state index is -0.113. The van der Waals surface area contributed by atoms with Crippen molar-refractivity contribution >= 4 is 11.8 Å². The lowest BCUT2D eigenvalue weighted by Gasteiger charge is -2.18. The molecule has 2 atom stereocenters. The summed E-state index contributed by atoms with van der Waals surface area (Å²) < 4.78 is 4.64. The number of carbonyl (C=O) groups excluding carboxylic acids is 2. The summed E-state index contributed by atoms with van der Waals surface area (Å²) in [7, 11) is 1.44. The standard InChI is InChI=1S/C19H34O3/c1-3-4-5-8-11-16-14-15-18(20)17(16)12-9-6-7-10-13-19(21)22-2/h16-17H,3-15H2,1-2H3. The molecule has 3 heteroatoms. The molecule has 3 nitrogen and oxygen atoms in total. The Morgan fingerprint density at radius 2 is 1.73 bits per heavy atom. The normalized spacial score (nSPS) is 21.3. The molecule has 22 heavy (non-hydrogen) atoms. The third-order valence-electron chi connectivity index (χ3n) is 5.05. The molecule has 1 aliphatic rings. The van der Waals surface area contributed by atoms with E-state index >= 15 is 0 Å². The maximum Gasteiger partial charge on any atom is 0.305 e. The van der Waals surface area contributed by atoms with Crippen LogP contribution in [0.4, 0.5) is 0 Å². The van der Waals surface area contributed by atoms with E-state index in [0.29, 0.717) is 24.0 Å². The van der Waals surface area contributed by atoms with Gasteiger partial charge in [-0.1, -0.05) is 51.9 Å². The number of esters is 1. The van der Waals surface area contributed by atoms with Crippen LogP contribution >= 0.6 is 0 Å². The minimum Gasteiger partial charge on any atom is -0.469 e. The van der Waals surface area contributed by atoms with Gasteiger partial charge in [0.15, 0.2) is 0 Å². The van der Waals surface area contributed by atoms with Crippen molar-refractivity contribution < 1.29 is 14.3 Å². The molecular formula is C19H34O3. The largest absolute Gasteiger partial charge is 0.469 e. The SMILES string of the molecule is CCCCCCC1CCC(=O)C1CCCCCCC(=O)OC. The number of rotatable bonds is 12. The summed E-state index contributed by atoms with van der Waals surface area (Å²) in [5.41, 5.74) is 0. The molecule has 1 fully saturated rings. The molecule has 0 aromatic heterocycles. The predicted molar refractivity (Wildman–Crippen MR) is 89.7 cm³/mol. The maximum atomic E-state index is 12.1. The molecule has 1 aliphatic carbocycles. The van der Waals surface area contributed by atoms with Gasteiger partial charge in [0, 0.05) is 18.8 Å². The monoisotopic (exact) mass is 310 g/mol. The van der Waals surface area contributed by atoms with Crippen molar-refractivity contribution in [1.29, 1.82) is 0 Å². The molecule has 0 saturated heterocycles. The lowest BCUT2D eigenvalue weighted by molar-refractivity contribution is -0.140. The Balaban J connectivity index is 2.13. The summed E-state index contributed by atoms with van der Waals surface area (Å²) in [5, 5.41) is 0. The molecule has 0 heterocycles. The number of Topliss-reactive ketones (excluding diaryl/α,β-unsaturated/α-hetero) is 1. The molecule has 0 spiro atoms. The van der Waals surface area contributed by atoms with Gasteiger partial charge in [-0.3, -0.25) is 9.59 Å². The number of unbranched alkanes of at least 4 members (excludes halogenated alkanes) is 6. The van der Waals surface area contributed by atoms with Crippen molar-refractivity contribution in [2.75, 3.05) is 7.11 Å². The lowest BCUT2D eigenvalue weighted by Crippen LogP contribution is -2.15. The van der Waals surface area contributed by atoms with E-state index < -0.39 is 0 Å². The summed E-state index contributed by atoms with van der Waals surface area (Å²) in [6.45, 7) is 2.24. The highest BCUT2D eigenvalue weighted by Crippen LogP contribution is 2.36. The number of hydrogen-bond donors (Lipinski definition) is 0. The van der Waals surface area contributed by atoms with Crippen LogP contribution in [-0.4, -0.2) is 18.9 Å². The zero-order valence-electron chi connectivity index (χ0n) is 14.6. The average molecular weight is 310 g/mol. The van der Waals surface area contributed by atoms with Gasteiger partial charge in [0.25, 0.3) is 0 Å². The van der Waals surface area contributed by atoms with Gasteiger partial charge < -0.3 is 4.74 Å². The second-order valence-corrected chi connectivity index (χ2v) is 6.75. The minimum absolute atomic E-state index is 0.113. The molecule has 0 aromatic rings. The lowest BCUT2D eigenvalue weighted by atomic mass is 9.86. The Labute approximate surface area is 136 Å². The van der Waals surface area contributed by atoms with Crippen LogP contribution in [0.25, 0.3) is 0 Å². The zero-order valence-corrected chi connectivity index (χ0v) is 14.6. The molecule has 0 radical (unpaired) electrons. The van der Waals surface area contributed by atoms with Gasteiger partial charge >= 0.3 is 5.97 Å². The third-order valence-corrected chi connectivity index (χ3v) is 5.05. The Hall–Kier alpha value is -0.860. The number of carbonyl (C=O) groups is 2. The highest BCUT2D eigenvalue weighted by Gasteiger charge is 2.33. The summed E-state index contributed by atoms with van der Waals surface area (Å²) in [6.07, 6.45) is 14.2. The van der Waals surface area contributed by atoms with Crippen LogP contribution in [0.3, 0.4) is 0 Å². The van der Waals surface area contributed by atoms with Crippen LogP contribution in [-0.2, 0) is 14.3 Å². The zero-order chi connectivity index (χ0) is 16.2. The number of ether oxygens (including phenoxy) is 1. The first-order valence-electron chi connectivity index (χ1n) is 9.28. The first kappa shape index (κ1) is 19.2. The van der Waals surface area contributed by atoms with Gasteiger partial charge in [-0.2, -0.15) is 0 Å². The number of hydrogen-bond acceptors (Lipinski definition) is 3. The highest BCUT2D eigenvalue weighted by atomic mass is 16.5. The number of methoxy groups -OCH3 is 1. The predicted octanol–water partition coefficient (Wildman–Crippen LogP) is 5.07. The highest BCUT2D eigenvalue weighted by molar-refractivity contribution is 5.83. The van der Waals surface area contributed by atoms with E-state index in [1.807, 2.05) is 0 Å². The van der Waals surface area contributed by atoms with Crippen molar-refractivity contribution in [3.63, 3.8) is 0 Å². The van der Waals surface area contributed by atoms with E-state index in [9.17, 15) is 9.59 Å². The molecule has 1 saturated carbocycles. The van der Waals surface area contributed by atoms with Crippen molar-refractivity contribution in [3.05, 3.63) is 0 Å². The van der Waals surface area contributed by atoms with Gasteiger partial charge in [-0.05, 0) is 31.6 Å². The van der Waals surface area contributed by atoms with Gasteiger partial charge in [0.2, 0.25) is 0 Å². The van der Waals surface area contributed by atoms with Crippen LogP contribution in [0, 0.1) is 11.8 Å². The third kappa shape index (κ3) is 7.42. The molecule has 0 bridgehead atoms. The summed E-state index contributed by atoms with van der Waals surface area (Å²) in [6, 6.07) is 0. The summed E-state index contributed by atoms with van der Waals surface area (Å²) in [5.74, 6) is 1.38. The van der Waals surface area contributed by atoms with Crippen LogP contribution in [0.1, 0.15) is 90.4 Å². The smallest absolute Gasteiger partial charge is 0.305 e. The fourth-order valence-electron chi connectivity index (χ4n) is 3.64. The van der Waals surface area contributed by atoms with Gasteiger partial charge in [0.05, 0.1) is 7.11 Å². The fraction of sp³-hybridized carbons (Fsp3) is 0.895. The molecule has 128 valence electrons. The van der Waals surface area contributed by atoms with Crippen molar-refractivity contribution in [2.45, 2.75) is 90.4 Å². The van der Waals surface area contributed by atoms with Crippen LogP contribution in [0.5, 0.6) is 0 Å². The Morgan fingerprint density at radius 1 is 1.05 bits per heavy atom. The van der Waals surface area contributed by atoms with Crippen LogP contribution < -0.4 is 0 Å². The topological polar surface area (TPSA) is 43.4 Å². The molecule has 0 aliphatic heterocycles. The Morgan fingerprint density at radius 3 is 2.45 bits per heavy atom. The Kier molecular flexibility index (Phi) is 10.2. The van der Waals surface area contributed by atoms with E-state index in [4.69, 9.17) is 0 Å². The van der Waals surface area contributed by atoms with E-state index in [2.05, 4.69) is 11.7 Å². The first-order valence-corrected chi connectivity index (χ1v) is 9.28. The fourth-order valence-corrected chi connectivity index (χ4v) is 3.64. The number of ketones is 1. The van der Waals surface area contributed by atoms with Crippen LogP contribution in [0.15, 0.2) is 0 Å². The second-order valence-electron chi connectivity index (χ2n) is 6.75. The summed E-state index contributed by atoms with van der Waals surface area (Å²) in [4.78, 5) is 23.1. The molecule has 0 aromatic carbocycles. The van der Waals surface area contributed by atoms with E-state index in [1.165, 1.54) is 39.2 Å². The summed E-state index contributed by atoms with van der Waals surface area (Å²) >= 11 is 0. The van der Waals surface area contributed by atoms with E-state index in [1.54, 1.807) is 0 Å². The van der Waals surface area contributed by atoms with Crippen molar-refractivity contribution in [3.8, 4) is 0 Å². The maximum absolute atomic E-state index is 12.1. The molecule has 1 rings (SSSR count). The Bertz CT molecular complexity index is 325. The van der Waals surface area contributed by atoms with Crippen molar-refractivity contribution in [2.24, 2.45) is 11.8 Å². The average Bonchev–Trinajstić information content (AvgIpc) is 2.87. The second kappa shape index (κ2) is 11.7. The van der Waals surface area contributed by atoms with Crippen LogP contribution in [0.2, 0.25) is 0 Å². The molecule has 0 N–H and O–H groups in total. The van der Waals surface area contributed by atoms with Gasteiger partial charge in [-0.15, -0.1) is 0 Å². The first-order chi connectivity index (χ1) is 10.7. The van der Waals surface area contributed by atoms with Gasteiger partial charge in [0.1, 0.15) is 5.78 Å². The molecular weight excluding hydrogens is 276 g/mol. The van der Waals surface area contributed by atoms with E-state index in [-0.39, 0.29) is 5.97 Å². The molecule has 2 unspecified atom stereocenters.